The van der Waals surface area contributed by atoms with E-state index in [0.717, 1.165) is 10.6 Å². The summed E-state index contributed by atoms with van der Waals surface area (Å²) in [6.45, 7) is 0. The van der Waals surface area contributed by atoms with Gasteiger partial charge in [-0.15, -0.1) is 11.3 Å². The molecular weight excluding hydrogens is 313 g/mol. The molecule has 0 aliphatic carbocycles. The highest BCUT2D eigenvalue weighted by atomic mass is 35.5. The highest BCUT2D eigenvalue weighted by Crippen LogP contribution is 2.24. The third-order valence-corrected chi connectivity index (χ3v) is 3.97. The summed E-state index contributed by atoms with van der Waals surface area (Å²) in [5.74, 6) is -0.925. The molecule has 0 fully saturated rings. The zero-order valence-corrected chi connectivity index (χ0v) is 12.1. The molecule has 7 heteroatoms. The fourth-order valence-electron chi connectivity index (χ4n) is 1.77. The maximum Gasteiger partial charge on any atom is 0.276 e. The van der Waals surface area contributed by atoms with E-state index in [9.17, 15) is 9.18 Å². The third kappa shape index (κ3) is 2.96. The summed E-state index contributed by atoms with van der Waals surface area (Å²) in [6, 6.07) is 9.49. The Hall–Kier alpha value is -2.18. The monoisotopic (exact) mass is 321 g/mol. The van der Waals surface area contributed by atoms with Crippen molar-refractivity contribution in [2.75, 3.05) is 5.32 Å². The second-order valence-corrected chi connectivity index (χ2v) is 5.58. The molecule has 0 spiro atoms. The average molecular weight is 322 g/mol. The van der Waals surface area contributed by atoms with E-state index < -0.39 is 11.7 Å². The Balaban J connectivity index is 1.78. The van der Waals surface area contributed by atoms with Crippen molar-refractivity contribution in [3.05, 3.63) is 58.3 Å². The van der Waals surface area contributed by atoms with Crippen LogP contribution in [0.5, 0.6) is 0 Å². The van der Waals surface area contributed by atoms with Crippen LogP contribution in [0, 0.1) is 5.82 Å². The molecule has 0 aliphatic rings. The number of H-pyrrole nitrogens is 1. The van der Waals surface area contributed by atoms with Gasteiger partial charge in [0, 0.05) is 5.69 Å². The second kappa shape index (κ2) is 5.67. The molecular formula is C14H9ClFN3OS. The van der Waals surface area contributed by atoms with E-state index in [1.165, 1.54) is 18.2 Å². The summed E-state index contributed by atoms with van der Waals surface area (Å²) in [5, 5.41) is 11.3. The Bertz CT molecular complexity index is 785. The number of aromatic amines is 1. The fourth-order valence-corrected chi connectivity index (χ4v) is 2.64. The van der Waals surface area contributed by atoms with Crippen LogP contribution >= 0.6 is 22.9 Å². The molecule has 106 valence electrons. The molecule has 0 saturated heterocycles. The number of rotatable bonds is 3. The summed E-state index contributed by atoms with van der Waals surface area (Å²) in [6.07, 6.45) is 0. The van der Waals surface area contributed by atoms with Gasteiger partial charge >= 0.3 is 0 Å². The number of benzene rings is 1. The van der Waals surface area contributed by atoms with Crippen LogP contribution in [0.3, 0.4) is 0 Å². The van der Waals surface area contributed by atoms with Gasteiger partial charge in [0.05, 0.1) is 15.6 Å². The average Bonchev–Trinajstić information content (AvgIpc) is 3.12. The molecule has 1 amide bonds. The van der Waals surface area contributed by atoms with Gasteiger partial charge in [0.2, 0.25) is 0 Å². The number of aromatic nitrogens is 2. The minimum atomic E-state index is -0.533. The standard InChI is InChI=1S/C14H9ClFN3OS/c15-9-6-8(3-4-10(9)16)17-14(20)12-7-11(18-19-12)13-2-1-5-21-13/h1-7H,(H,17,20)(H,18,19). The van der Waals surface area contributed by atoms with Crippen molar-refractivity contribution in [3.63, 3.8) is 0 Å². The SMILES string of the molecule is O=C(Nc1ccc(F)c(Cl)c1)c1cc(-c2cccs2)[nH]n1. The number of thiophene rings is 1. The van der Waals surface area contributed by atoms with Crippen LogP contribution in [0.4, 0.5) is 10.1 Å². The molecule has 0 aliphatic heterocycles. The van der Waals surface area contributed by atoms with Gasteiger partial charge in [-0.05, 0) is 35.7 Å². The van der Waals surface area contributed by atoms with Gasteiger partial charge in [0.1, 0.15) is 5.82 Å². The van der Waals surface area contributed by atoms with Crippen molar-refractivity contribution in [2.24, 2.45) is 0 Å². The first-order valence-electron chi connectivity index (χ1n) is 5.99. The maximum atomic E-state index is 13.1. The van der Waals surface area contributed by atoms with E-state index in [1.54, 1.807) is 17.4 Å². The topological polar surface area (TPSA) is 57.8 Å². The van der Waals surface area contributed by atoms with Gasteiger partial charge in [-0.2, -0.15) is 5.10 Å². The molecule has 21 heavy (non-hydrogen) atoms. The summed E-state index contributed by atoms with van der Waals surface area (Å²) >= 11 is 7.21. The Morgan fingerprint density at radius 3 is 2.90 bits per heavy atom. The molecule has 0 bridgehead atoms. The molecule has 3 rings (SSSR count). The summed E-state index contributed by atoms with van der Waals surface area (Å²) in [4.78, 5) is 13.1. The molecule has 4 nitrogen and oxygen atoms in total. The van der Waals surface area contributed by atoms with E-state index in [0.29, 0.717) is 5.69 Å². The molecule has 0 atom stereocenters. The van der Waals surface area contributed by atoms with Crippen molar-refractivity contribution in [1.29, 1.82) is 0 Å². The number of nitrogens with zero attached hydrogens (tertiary/aromatic N) is 1. The van der Waals surface area contributed by atoms with E-state index in [4.69, 9.17) is 11.6 Å². The van der Waals surface area contributed by atoms with Crippen LogP contribution in [-0.4, -0.2) is 16.1 Å². The van der Waals surface area contributed by atoms with Gasteiger partial charge in [0.25, 0.3) is 5.91 Å². The summed E-state index contributed by atoms with van der Waals surface area (Å²) < 4.78 is 13.1. The normalized spacial score (nSPS) is 10.6. The number of anilines is 1. The van der Waals surface area contributed by atoms with Gasteiger partial charge in [0.15, 0.2) is 5.69 Å². The van der Waals surface area contributed by atoms with Crippen molar-refractivity contribution < 1.29 is 9.18 Å². The highest BCUT2D eigenvalue weighted by Gasteiger charge is 2.12. The second-order valence-electron chi connectivity index (χ2n) is 4.23. The minimum Gasteiger partial charge on any atom is -0.321 e. The number of carbonyl (C=O) groups excluding carboxylic acids is 1. The third-order valence-electron chi connectivity index (χ3n) is 2.77. The van der Waals surface area contributed by atoms with Crippen molar-refractivity contribution in [2.45, 2.75) is 0 Å². The van der Waals surface area contributed by atoms with Crippen molar-refractivity contribution in [1.82, 2.24) is 10.2 Å². The Labute approximate surface area is 128 Å². The summed E-state index contributed by atoms with van der Waals surface area (Å²) in [7, 11) is 0. The van der Waals surface area contributed by atoms with Gasteiger partial charge < -0.3 is 5.32 Å². The Kier molecular flexibility index (Phi) is 3.72. The zero-order chi connectivity index (χ0) is 14.8. The molecule has 2 heterocycles. The van der Waals surface area contributed by atoms with Crippen LogP contribution < -0.4 is 5.32 Å². The first-order chi connectivity index (χ1) is 10.1. The number of hydrogen-bond acceptors (Lipinski definition) is 3. The predicted octanol–water partition coefficient (Wildman–Crippen LogP) is 4.18. The lowest BCUT2D eigenvalue weighted by atomic mass is 10.2. The van der Waals surface area contributed by atoms with Gasteiger partial charge in [-0.25, -0.2) is 4.39 Å². The predicted molar refractivity (Wildman–Crippen MR) is 81.3 cm³/mol. The van der Waals surface area contributed by atoms with Crippen LogP contribution in [0.2, 0.25) is 5.02 Å². The molecule has 0 radical (unpaired) electrons. The molecule has 3 aromatic rings. The van der Waals surface area contributed by atoms with E-state index in [2.05, 4.69) is 15.5 Å². The number of hydrogen-bond donors (Lipinski definition) is 2. The largest absolute Gasteiger partial charge is 0.321 e. The van der Waals surface area contributed by atoms with Crippen LogP contribution in [0.1, 0.15) is 10.5 Å². The minimum absolute atomic E-state index is 0.0471. The van der Waals surface area contributed by atoms with Crippen LogP contribution in [-0.2, 0) is 0 Å². The van der Waals surface area contributed by atoms with E-state index in [1.807, 2.05) is 17.5 Å². The molecule has 1 aromatic carbocycles. The zero-order valence-electron chi connectivity index (χ0n) is 10.6. The quantitative estimate of drug-likeness (QED) is 0.760. The lowest BCUT2D eigenvalue weighted by molar-refractivity contribution is 0.102. The van der Waals surface area contributed by atoms with Crippen LogP contribution in [0.15, 0.2) is 41.8 Å². The van der Waals surface area contributed by atoms with Crippen molar-refractivity contribution >= 4 is 34.5 Å². The number of amides is 1. The van der Waals surface area contributed by atoms with E-state index in [-0.39, 0.29) is 10.7 Å². The smallest absolute Gasteiger partial charge is 0.276 e. The number of carbonyl (C=O) groups is 1. The maximum absolute atomic E-state index is 13.1. The van der Waals surface area contributed by atoms with E-state index >= 15 is 0 Å². The van der Waals surface area contributed by atoms with Crippen molar-refractivity contribution in [3.8, 4) is 10.6 Å². The molecule has 0 saturated carbocycles. The number of halogens is 2. The molecule has 2 aromatic heterocycles. The van der Waals surface area contributed by atoms with Gasteiger partial charge in [-0.1, -0.05) is 17.7 Å². The van der Waals surface area contributed by atoms with Crippen LogP contribution in [0.25, 0.3) is 10.6 Å². The lowest BCUT2D eigenvalue weighted by Crippen LogP contribution is -2.12. The molecule has 2 N–H and O–H groups in total. The first kappa shape index (κ1) is 13.8. The Morgan fingerprint density at radius 2 is 2.19 bits per heavy atom. The summed E-state index contributed by atoms with van der Waals surface area (Å²) in [5.41, 5.74) is 1.43. The highest BCUT2D eigenvalue weighted by molar-refractivity contribution is 7.13. The van der Waals surface area contributed by atoms with Gasteiger partial charge in [-0.3, -0.25) is 9.89 Å². The Morgan fingerprint density at radius 1 is 1.33 bits per heavy atom. The molecule has 0 unspecified atom stereocenters. The number of nitrogens with one attached hydrogen (secondary N) is 2. The fraction of sp³-hybridized carbons (Fsp3) is 0. The lowest BCUT2D eigenvalue weighted by Gasteiger charge is -2.03. The first-order valence-corrected chi connectivity index (χ1v) is 7.25.